The summed E-state index contributed by atoms with van der Waals surface area (Å²) in [5, 5.41) is 0. The van der Waals surface area contributed by atoms with Gasteiger partial charge in [-0.1, -0.05) is 22.9 Å². The molecule has 23 heavy (non-hydrogen) atoms. The fourth-order valence-corrected chi connectivity index (χ4v) is 5.31. The third kappa shape index (κ3) is 3.49. The SMILES string of the molecule is CCc1cc(Br)ccc1S(=O)(=O)N1CCC2(CC1)OCCCO2. The molecule has 2 fully saturated rings. The van der Waals surface area contributed by atoms with E-state index >= 15 is 0 Å². The average Bonchev–Trinajstić information content (AvgIpc) is 2.55. The van der Waals surface area contributed by atoms with Gasteiger partial charge in [-0.25, -0.2) is 8.42 Å². The van der Waals surface area contributed by atoms with Gasteiger partial charge < -0.3 is 9.47 Å². The lowest BCUT2D eigenvalue weighted by atomic mass is 10.0. The fourth-order valence-electron chi connectivity index (χ4n) is 3.19. The Hall–Kier alpha value is -0.470. The number of benzene rings is 1. The first kappa shape index (κ1) is 17.4. The summed E-state index contributed by atoms with van der Waals surface area (Å²) in [6.07, 6.45) is 2.76. The van der Waals surface area contributed by atoms with Gasteiger partial charge >= 0.3 is 0 Å². The number of piperidine rings is 1. The van der Waals surface area contributed by atoms with Crippen molar-refractivity contribution in [2.45, 2.75) is 43.3 Å². The van der Waals surface area contributed by atoms with Crippen LogP contribution in [0, 0.1) is 0 Å². The standard InChI is InChI=1S/C16H22BrNO4S/c1-2-13-12-14(17)4-5-15(13)23(19,20)18-8-6-16(7-9-18)21-10-3-11-22-16/h4-5,12H,2-3,6-11H2,1H3. The van der Waals surface area contributed by atoms with Gasteiger partial charge in [0.25, 0.3) is 0 Å². The minimum Gasteiger partial charge on any atom is -0.350 e. The highest BCUT2D eigenvalue weighted by Gasteiger charge is 2.41. The van der Waals surface area contributed by atoms with E-state index in [0.29, 0.717) is 50.5 Å². The molecule has 2 aliphatic heterocycles. The van der Waals surface area contributed by atoms with Gasteiger partial charge in [0.15, 0.2) is 5.79 Å². The summed E-state index contributed by atoms with van der Waals surface area (Å²) in [6.45, 7) is 4.22. The molecule has 2 aliphatic rings. The highest BCUT2D eigenvalue weighted by molar-refractivity contribution is 9.10. The largest absolute Gasteiger partial charge is 0.350 e. The van der Waals surface area contributed by atoms with E-state index in [2.05, 4.69) is 15.9 Å². The Kier molecular flexibility index (Phi) is 5.13. The summed E-state index contributed by atoms with van der Waals surface area (Å²) in [5.41, 5.74) is 0.838. The molecular formula is C16H22BrNO4S. The van der Waals surface area contributed by atoms with Gasteiger partial charge in [0.2, 0.25) is 10.0 Å². The molecular weight excluding hydrogens is 382 g/mol. The van der Waals surface area contributed by atoms with Crippen LogP contribution in [0.15, 0.2) is 27.6 Å². The van der Waals surface area contributed by atoms with Crippen molar-refractivity contribution in [1.29, 1.82) is 0 Å². The predicted molar refractivity (Wildman–Crippen MR) is 90.8 cm³/mol. The van der Waals surface area contributed by atoms with Gasteiger partial charge in [0.05, 0.1) is 18.1 Å². The van der Waals surface area contributed by atoms with E-state index in [1.165, 1.54) is 0 Å². The second-order valence-electron chi connectivity index (χ2n) is 5.97. The Labute approximate surface area is 146 Å². The molecule has 0 unspecified atom stereocenters. The molecule has 0 N–H and O–H groups in total. The van der Waals surface area contributed by atoms with E-state index in [1.807, 2.05) is 13.0 Å². The Bertz CT molecular complexity index is 661. The van der Waals surface area contributed by atoms with Crippen molar-refractivity contribution in [2.75, 3.05) is 26.3 Å². The van der Waals surface area contributed by atoms with Crippen LogP contribution in [-0.2, 0) is 25.9 Å². The van der Waals surface area contributed by atoms with E-state index in [1.54, 1.807) is 16.4 Å². The van der Waals surface area contributed by atoms with Crippen LogP contribution in [-0.4, -0.2) is 44.8 Å². The fraction of sp³-hybridized carbons (Fsp3) is 0.625. The molecule has 0 radical (unpaired) electrons. The third-order valence-corrected chi connectivity index (χ3v) is 7.02. The molecule has 0 saturated carbocycles. The Morgan fingerprint density at radius 2 is 1.87 bits per heavy atom. The van der Waals surface area contributed by atoms with Crippen LogP contribution in [0.2, 0.25) is 0 Å². The van der Waals surface area contributed by atoms with E-state index in [4.69, 9.17) is 9.47 Å². The van der Waals surface area contributed by atoms with Gasteiger partial charge in [-0.15, -0.1) is 0 Å². The minimum atomic E-state index is -3.48. The summed E-state index contributed by atoms with van der Waals surface area (Å²) in [6, 6.07) is 5.35. The summed E-state index contributed by atoms with van der Waals surface area (Å²) >= 11 is 3.41. The molecule has 7 heteroatoms. The van der Waals surface area contributed by atoms with E-state index in [9.17, 15) is 8.42 Å². The van der Waals surface area contributed by atoms with Gasteiger partial charge in [-0.3, -0.25) is 0 Å². The molecule has 3 rings (SSSR count). The second-order valence-corrected chi connectivity index (χ2v) is 8.79. The molecule has 1 aromatic carbocycles. The second kappa shape index (κ2) is 6.80. The molecule has 0 amide bonds. The lowest BCUT2D eigenvalue weighted by molar-refractivity contribution is -0.280. The quantitative estimate of drug-likeness (QED) is 0.778. The Morgan fingerprint density at radius 3 is 2.48 bits per heavy atom. The zero-order chi connectivity index (χ0) is 16.5. The van der Waals surface area contributed by atoms with Crippen molar-refractivity contribution >= 4 is 26.0 Å². The molecule has 2 saturated heterocycles. The maximum absolute atomic E-state index is 13.0. The smallest absolute Gasteiger partial charge is 0.243 e. The lowest BCUT2D eigenvalue weighted by Gasteiger charge is -2.42. The maximum Gasteiger partial charge on any atom is 0.243 e. The highest BCUT2D eigenvalue weighted by atomic mass is 79.9. The van der Waals surface area contributed by atoms with Crippen molar-refractivity contribution in [1.82, 2.24) is 4.31 Å². The number of nitrogens with zero attached hydrogens (tertiary/aromatic N) is 1. The first-order valence-corrected chi connectivity index (χ1v) is 10.3. The Balaban J connectivity index is 1.79. The van der Waals surface area contributed by atoms with Crippen LogP contribution in [0.3, 0.4) is 0 Å². The summed E-state index contributed by atoms with van der Waals surface area (Å²) in [5.74, 6) is -0.572. The third-order valence-electron chi connectivity index (χ3n) is 4.52. The molecule has 128 valence electrons. The van der Waals surface area contributed by atoms with Crippen LogP contribution < -0.4 is 0 Å². The van der Waals surface area contributed by atoms with Crippen LogP contribution in [0.25, 0.3) is 0 Å². The summed E-state index contributed by atoms with van der Waals surface area (Å²) < 4.78 is 40.0. The molecule has 2 heterocycles. The maximum atomic E-state index is 13.0. The van der Waals surface area contributed by atoms with Gasteiger partial charge in [0, 0.05) is 30.4 Å². The summed E-state index contributed by atoms with van der Waals surface area (Å²) in [4.78, 5) is 0.407. The molecule has 5 nitrogen and oxygen atoms in total. The number of sulfonamides is 1. The number of aryl methyl sites for hydroxylation is 1. The predicted octanol–water partition coefficient (Wildman–Crippen LogP) is 2.93. The minimum absolute atomic E-state index is 0.407. The van der Waals surface area contributed by atoms with Gasteiger partial charge in [0.1, 0.15) is 0 Å². The molecule has 0 atom stereocenters. The average molecular weight is 404 g/mol. The first-order valence-electron chi connectivity index (χ1n) is 8.03. The van der Waals surface area contributed by atoms with E-state index in [0.717, 1.165) is 16.5 Å². The number of halogens is 1. The van der Waals surface area contributed by atoms with Crippen LogP contribution >= 0.6 is 15.9 Å². The number of rotatable bonds is 3. The Morgan fingerprint density at radius 1 is 1.22 bits per heavy atom. The molecule has 0 aliphatic carbocycles. The van der Waals surface area contributed by atoms with Crippen molar-refractivity contribution in [2.24, 2.45) is 0 Å². The van der Waals surface area contributed by atoms with Crippen molar-refractivity contribution in [3.05, 3.63) is 28.2 Å². The lowest BCUT2D eigenvalue weighted by Crippen LogP contribution is -2.51. The van der Waals surface area contributed by atoms with Crippen LogP contribution in [0.4, 0.5) is 0 Å². The summed E-state index contributed by atoms with van der Waals surface area (Å²) in [7, 11) is -3.48. The molecule has 1 aromatic rings. The number of hydrogen-bond acceptors (Lipinski definition) is 4. The number of hydrogen-bond donors (Lipinski definition) is 0. The molecule has 0 bridgehead atoms. The van der Waals surface area contributed by atoms with Crippen LogP contribution in [0.1, 0.15) is 31.7 Å². The highest BCUT2D eigenvalue weighted by Crippen LogP contribution is 2.34. The number of ether oxygens (including phenoxy) is 2. The van der Waals surface area contributed by atoms with E-state index in [-0.39, 0.29) is 0 Å². The zero-order valence-electron chi connectivity index (χ0n) is 13.3. The van der Waals surface area contributed by atoms with Gasteiger partial charge in [-0.2, -0.15) is 4.31 Å². The normalized spacial score (nSPS) is 22.3. The van der Waals surface area contributed by atoms with Crippen molar-refractivity contribution in [3.8, 4) is 0 Å². The van der Waals surface area contributed by atoms with Crippen molar-refractivity contribution < 1.29 is 17.9 Å². The van der Waals surface area contributed by atoms with Crippen LogP contribution in [0.5, 0.6) is 0 Å². The topological polar surface area (TPSA) is 55.8 Å². The monoisotopic (exact) mass is 403 g/mol. The molecule has 1 spiro atoms. The zero-order valence-corrected chi connectivity index (χ0v) is 15.7. The van der Waals surface area contributed by atoms with E-state index < -0.39 is 15.8 Å². The molecule has 0 aromatic heterocycles. The first-order chi connectivity index (χ1) is 11.0. The van der Waals surface area contributed by atoms with Gasteiger partial charge in [-0.05, 0) is 36.6 Å². The van der Waals surface area contributed by atoms with Crippen molar-refractivity contribution in [3.63, 3.8) is 0 Å².